The predicted molar refractivity (Wildman–Crippen MR) is 103 cm³/mol. The van der Waals surface area contributed by atoms with E-state index < -0.39 is 0 Å². The summed E-state index contributed by atoms with van der Waals surface area (Å²) in [5.41, 5.74) is 3.22. The van der Waals surface area contributed by atoms with Gasteiger partial charge in [0.1, 0.15) is 11.5 Å². The molecule has 1 heterocycles. The van der Waals surface area contributed by atoms with Crippen molar-refractivity contribution >= 4 is 12.0 Å². The number of methoxy groups -OCH3 is 2. The zero-order chi connectivity index (χ0) is 18.5. The lowest BCUT2D eigenvalue weighted by Gasteiger charge is -2.25. The van der Waals surface area contributed by atoms with Crippen LogP contribution in [0.1, 0.15) is 35.6 Å². The summed E-state index contributed by atoms with van der Waals surface area (Å²) in [6, 6.07) is 13.9. The molecule has 0 aromatic heterocycles. The summed E-state index contributed by atoms with van der Waals surface area (Å²) in [4.78, 5) is 14.7. The molecule has 136 valence electrons. The van der Waals surface area contributed by atoms with Gasteiger partial charge in [0, 0.05) is 18.2 Å². The molecule has 0 N–H and O–H groups in total. The van der Waals surface area contributed by atoms with Crippen LogP contribution in [-0.4, -0.2) is 31.6 Å². The minimum Gasteiger partial charge on any atom is -0.497 e. The van der Waals surface area contributed by atoms with Gasteiger partial charge in [-0.1, -0.05) is 29.8 Å². The molecule has 0 radical (unpaired) electrons. The molecule has 3 rings (SSSR count). The van der Waals surface area contributed by atoms with Gasteiger partial charge in [0.05, 0.1) is 20.3 Å². The zero-order valence-electron chi connectivity index (χ0n) is 15.6. The van der Waals surface area contributed by atoms with Crippen molar-refractivity contribution in [3.63, 3.8) is 0 Å². The number of nitrogens with zero attached hydrogens (tertiary/aromatic N) is 1. The Labute approximate surface area is 155 Å². The van der Waals surface area contributed by atoms with E-state index in [4.69, 9.17) is 9.47 Å². The Kier molecular flexibility index (Phi) is 5.61. The first-order valence-corrected chi connectivity index (χ1v) is 8.89. The van der Waals surface area contributed by atoms with Crippen molar-refractivity contribution in [2.45, 2.75) is 25.8 Å². The van der Waals surface area contributed by atoms with E-state index in [0.717, 1.165) is 42.0 Å². The van der Waals surface area contributed by atoms with Gasteiger partial charge in [-0.05, 0) is 49.6 Å². The number of hydrogen-bond donors (Lipinski definition) is 0. The lowest BCUT2D eigenvalue weighted by atomic mass is 10.0. The summed E-state index contributed by atoms with van der Waals surface area (Å²) in [5.74, 6) is 1.59. The number of carbonyl (C=O) groups excluding carboxylic acids is 1. The third-order valence-corrected chi connectivity index (χ3v) is 4.79. The number of aryl methyl sites for hydroxylation is 1. The average Bonchev–Trinajstić information content (AvgIpc) is 3.15. The highest BCUT2D eigenvalue weighted by molar-refractivity contribution is 5.92. The molecule has 1 amide bonds. The van der Waals surface area contributed by atoms with Crippen LogP contribution in [0, 0.1) is 6.92 Å². The van der Waals surface area contributed by atoms with E-state index in [1.165, 1.54) is 5.56 Å². The summed E-state index contributed by atoms with van der Waals surface area (Å²) in [7, 11) is 3.30. The molecule has 0 aliphatic carbocycles. The second-order valence-electron chi connectivity index (χ2n) is 6.55. The van der Waals surface area contributed by atoms with Crippen molar-refractivity contribution in [2.75, 3.05) is 20.8 Å². The fourth-order valence-electron chi connectivity index (χ4n) is 3.49. The number of ether oxygens (including phenoxy) is 2. The number of amides is 1. The molecule has 0 saturated carbocycles. The summed E-state index contributed by atoms with van der Waals surface area (Å²) in [6.45, 7) is 2.80. The van der Waals surface area contributed by atoms with Crippen LogP contribution >= 0.6 is 0 Å². The Bertz CT molecular complexity index is 813. The molecule has 1 saturated heterocycles. The van der Waals surface area contributed by atoms with E-state index in [-0.39, 0.29) is 11.9 Å². The molecule has 1 fully saturated rings. The fraction of sp³-hybridized carbons (Fsp3) is 0.318. The van der Waals surface area contributed by atoms with Crippen molar-refractivity contribution in [3.05, 3.63) is 65.2 Å². The van der Waals surface area contributed by atoms with E-state index in [1.54, 1.807) is 20.3 Å². The molecule has 1 atom stereocenters. The second kappa shape index (κ2) is 8.09. The molecule has 1 aliphatic rings. The number of hydrogen-bond acceptors (Lipinski definition) is 3. The van der Waals surface area contributed by atoms with Gasteiger partial charge in [0.15, 0.2) is 0 Å². The van der Waals surface area contributed by atoms with E-state index in [9.17, 15) is 4.79 Å². The van der Waals surface area contributed by atoms with E-state index in [0.29, 0.717) is 0 Å². The van der Waals surface area contributed by atoms with Gasteiger partial charge in [-0.15, -0.1) is 0 Å². The molecule has 26 heavy (non-hydrogen) atoms. The monoisotopic (exact) mass is 351 g/mol. The molecule has 4 nitrogen and oxygen atoms in total. The maximum Gasteiger partial charge on any atom is 0.247 e. The molecular formula is C22H25NO3. The largest absolute Gasteiger partial charge is 0.497 e. The molecule has 0 spiro atoms. The molecule has 1 aliphatic heterocycles. The topological polar surface area (TPSA) is 38.8 Å². The minimum atomic E-state index is 0.00899. The van der Waals surface area contributed by atoms with Crippen molar-refractivity contribution in [1.82, 2.24) is 4.90 Å². The summed E-state index contributed by atoms with van der Waals surface area (Å²) >= 11 is 0. The van der Waals surface area contributed by atoms with Gasteiger partial charge < -0.3 is 14.4 Å². The SMILES string of the molecule is COc1ccc(OC)c([C@@H]2CCCN2C(=O)/C=C/c2cccc(C)c2)c1. The number of benzene rings is 2. The highest BCUT2D eigenvalue weighted by Gasteiger charge is 2.31. The quantitative estimate of drug-likeness (QED) is 0.750. The third kappa shape index (κ3) is 3.90. The molecule has 4 heteroatoms. The lowest BCUT2D eigenvalue weighted by Crippen LogP contribution is -2.29. The van der Waals surface area contributed by atoms with Gasteiger partial charge in [0.25, 0.3) is 0 Å². The van der Waals surface area contributed by atoms with Crippen LogP contribution in [0.5, 0.6) is 11.5 Å². The zero-order valence-corrected chi connectivity index (χ0v) is 15.6. The Morgan fingerprint density at radius 1 is 1.15 bits per heavy atom. The summed E-state index contributed by atoms with van der Waals surface area (Å²) in [6.07, 6.45) is 5.45. The van der Waals surface area contributed by atoms with E-state index in [1.807, 2.05) is 54.3 Å². The molecule has 2 aromatic rings. The van der Waals surface area contributed by atoms with Crippen molar-refractivity contribution in [3.8, 4) is 11.5 Å². The van der Waals surface area contributed by atoms with Crippen LogP contribution in [0.2, 0.25) is 0 Å². The predicted octanol–water partition coefficient (Wildman–Crippen LogP) is 4.39. The molecule has 0 unspecified atom stereocenters. The second-order valence-corrected chi connectivity index (χ2v) is 6.55. The number of rotatable bonds is 5. The van der Waals surface area contributed by atoms with Crippen LogP contribution in [-0.2, 0) is 4.79 Å². The first-order chi connectivity index (χ1) is 12.6. The van der Waals surface area contributed by atoms with Crippen LogP contribution in [0.25, 0.3) is 6.08 Å². The molecule has 2 aromatic carbocycles. The highest BCUT2D eigenvalue weighted by atomic mass is 16.5. The lowest BCUT2D eigenvalue weighted by molar-refractivity contribution is -0.126. The maximum absolute atomic E-state index is 12.8. The minimum absolute atomic E-state index is 0.00899. The maximum atomic E-state index is 12.8. The molecular weight excluding hydrogens is 326 g/mol. The Morgan fingerprint density at radius 3 is 2.73 bits per heavy atom. The van der Waals surface area contributed by atoms with Crippen LogP contribution in [0.4, 0.5) is 0 Å². The third-order valence-electron chi connectivity index (χ3n) is 4.79. The Balaban J connectivity index is 1.83. The van der Waals surface area contributed by atoms with E-state index >= 15 is 0 Å². The Hall–Kier alpha value is -2.75. The van der Waals surface area contributed by atoms with Crippen molar-refractivity contribution in [2.24, 2.45) is 0 Å². The van der Waals surface area contributed by atoms with Crippen LogP contribution < -0.4 is 9.47 Å². The number of likely N-dealkylation sites (tertiary alicyclic amines) is 1. The summed E-state index contributed by atoms with van der Waals surface area (Å²) in [5, 5.41) is 0. The van der Waals surface area contributed by atoms with Gasteiger partial charge >= 0.3 is 0 Å². The highest BCUT2D eigenvalue weighted by Crippen LogP contribution is 2.39. The van der Waals surface area contributed by atoms with Gasteiger partial charge in [0.2, 0.25) is 5.91 Å². The fourth-order valence-corrected chi connectivity index (χ4v) is 3.49. The van der Waals surface area contributed by atoms with Gasteiger partial charge in [-0.25, -0.2) is 0 Å². The van der Waals surface area contributed by atoms with Gasteiger partial charge in [-0.3, -0.25) is 4.79 Å². The smallest absolute Gasteiger partial charge is 0.247 e. The first kappa shape index (κ1) is 18.1. The van der Waals surface area contributed by atoms with Gasteiger partial charge in [-0.2, -0.15) is 0 Å². The van der Waals surface area contributed by atoms with E-state index in [2.05, 4.69) is 6.07 Å². The van der Waals surface area contributed by atoms with Crippen LogP contribution in [0.3, 0.4) is 0 Å². The average molecular weight is 351 g/mol. The number of carbonyl (C=O) groups is 1. The standard InChI is InChI=1S/C22H25NO3/c1-16-6-4-7-17(14-16)9-12-22(24)23-13-5-8-20(23)19-15-18(25-2)10-11-21(19)26-3/h4,6-7,9-12,14-15,20H,5,8,13H2,1-3H3/b12-9+/t20-/m0/s1. The summed E-state index contributed by atoms with van der Waals surface area (Å²) < 4.78 is 10.9. The van der Waals surface area contributed by atoms with Crippen molar-refractivity contribution in [1.29, 1.82) is 0 Å². The normalized spacial score (nSPS) is 16.9. The molecule has 0 bridgehead atoms. The first-order valence-electron chi connectivity index (χ1n) is 8.89. The van der Waals surface area contributed by atoms with Crippen LogP contribution in [0.15, 0.2) is 48.5 Å². The Morgan fingerprint density at radius 2 is 2.00 bits per heavy atom. The van der Waals surface area contributed by atoms with Crippen molar-refractivity contribution < 1.29 is 14.3 Å².